The van der Waals surface area contributed by atoms with Crippen molar-refractivity contribution in [2.45, 2.75) is 50.2 Å². The van der Waals surface area contributed by atoms with Gasteiger partial charge in [-0.1, -0.05) is 0 Å². The molecule has 0 saturated heterocycles. The molecule has 3 heterocycles. The number of alkyl halides is 3. The summed E-state index contributed by atoms with van der Waals surface area (Å²) >= 11 is 0. The van der Waals surface area contributed by atoms with Crippen LogP contribution < -0.4 is 5.32 Å². The number of nitrogens with zero attached hydrogens (tertiary/aromatic N) is 3. The molecule has 2 aliphatic rings. The Labute approximate surface area is 175 Å². The van der Waals surface area contributed by atoms with Gasteiger partial charge in [-0.25, -0.2) is 4.98 Å². The number of amides is 1. The van der Waals surface area contributed by atoms with Crippen molar-refractivity contribution in [3.05, 3.63) is 65.1 Å². The van der Waals surface area contributed by atoms with E-state index in [9.17, 15) is 18.0 Å². The third kappa shape index (κ3) is 4.04. The summed E-state index contributed by atoms with van der Waals surface area (Å²) in [4.78, 5) is 25.2. The summed E-state index contributed by atoms with van der Waals surface area (Å²) in [7, 11) is 0. The standard InChI is InChI=1S/C22H19F3N4O2/c23-22(24,25)15-8-14(10-26-11-15)20(30)28-16-2-1-3-18-19(16)29-21(31-18)13-6-7-27-17(9-13)12-4-5-12/h6-12,16H,1-5H2,(H,28,30)/t16-/m0/s1. The van der Waals surface area contributed by atoms with Gasteiger partial charge in [0.15, 0.2) is 0 Å². The van der Waals surface area contributed by atoms with E-state index >= 15 is 0 Å². The van der Waals surface area contributed by atoms with Crippen molar-refractivity contribution in [1.82, 2.24) is 20.3 Å². The van der Waals surface area contributed by atoms with Crippen molar-refractivity contribution in [1.29, 1.82) is 0 Å². The third-order valence-corrected chi connectivity index (χ3v) is 5.61. The molecule has 0 radical (unpaired) electrons. The van der Waals surface area contributed by atoms with Crippen LogP contribution in [-0.2, 0) is 12.6 Å². The molecule has 1 atom stereocenters. The number of hydrogen-bond acceptors (Lipinski definition) is 5. The Balaban J connectivity index is 1.38. The van der Waals surface area contributed by atoms with Crippen molar-refractivity contribution in [2.75, 3.05) is 0 Å². The van der Waals surface area contributed by atoms with E-state index in [0.717, 1.165) is 42.8 Å². The van der Waals surface area contributed by atoms with Crippen LogP contribution in [0.15, 0.2) is 41.2 Å². The minimum Gasteiger partial charge on any atom is -0.441 e. The summed E-state index contributed by atoms with van der Waals surface area (Å²) in [6.45, 7) is 0. The average molecular weight is 428 g/mol. The van der Waals surface area contributed by atoms with Gasteiger partial charge in [-0.2, -0.15) is 13.2 Å². The van der Waals surface area contributed by atoms with Gasteiger partial charge in [0.25, 0.3) is 5.91 Å². The lowest BCUT2D eigenvalue weighted by Gasteiger charge is -2.21. The smallest absolute Gasteiger partial charge is 0.417 e. The first-order valence-electron chi connectivity index (χ1n) is 10.2. The molecule has 5 rings (SSSR count). The first-order chi connectivity index (χ1) is 14.9. The van der Waals surface area contributed by atoms with Gasteiger partial charge in [0, 0.05) is 42.2 Å². The molecule has 1 N–H and O–H groups in total. The van der Waals surface area contributed by atoms with Crippen LogP contribution in [0.3, 0.4) is 0 Å². The highest BCUT2D eigenvalue weighted by Crippen LogP contribution is 2.40. The fourth-order valence-corrected chi connectivity index (χ4v) is 3.83. The second kappa shape index (κ2) is 7.47. The SMILES string of the molecule is O=C(N[C@H]1CCCc2oc(-c3ccnc(C4CC4)c3)nc21)c1cncc(C(F)(F)F)c1. The van der Waals surface area contributed by atoms with Gasteiger partial charge in [0.05, 0.1) is 17.2 Å². The zero-order chi connectivity index (χ0) is 21.6. The summed E-state index contributed by atoms with van der Waals surface area (Å²) in [6, 6.07) is 4.19. The van der Waals surface area contributed by atoms with E-state index in [0.29, 0.717) is 42.3 Å². The maximum Gasteiger partial charge on any atom is 0.417 e. The number of oxazole rings is 1. The number of fused-ring (bicyclic) bond motifs is 1. The number of carbonyl (C=O) groups excluding carboxylic acids is 1. The minimum absolute atomic E-state index is 0.145. The molecule has 1 fully saturated rings. The van der Waals surface area contributed by atoms with Crippen LogP contribution in [-0.4, -0.2) is 20.9 Å². The Morgan fingerprint density at radius 3 is 2.77 bits per heavy atom. The minimum atomic E-state index is -4.56. The molecule has 0 spiro atoms. The van der Waals surface area contributed by atoms with Gasteiger partial charge in [0.1, 0.15) is 11.5 Å². The maximum atomic E-state index is 12.9. The quantitative estimate of drug-likeness (QED) is 0.644. The van der Waals surface area contributed by atoms with E-state index in [1.807, 2.05) is 12.1 Å². The molecule has 3 aromatic rings. The van der Waals surface area contributed by atoms with Gasteiger partial charge in [-0.3, -0.25) is 14.8 Å². The predicted molar refractivity (Wildman–Crippen MR) is 104 cm³/mol. The van der Waals surface area contributed by atoms with Crippen LogP contribution in [0.1, 0.15) is 70.7 Å². The topological polar surface area (TPSA) is 80.9 Å². The normalized spacial score (nSPS) is 18.5. The van der Waals surface area contributed by atoms with Crippen molar-refractivity contribution in [3.63, 3.8) is 0 Å². The molecule has 9 heteroatoms. The van der Waals surface area contributed by atoms with Gasteiger partial charge in [-0.05, 0) is 43.9 Å². The molecule has 160 valence electrons. The summed E-state index contributed by atoms with van der Waals surface area (Å²) in [5.74, 6) is 1.04. The maximum absolute atomic E-state index is 12.9. The second-order valence-electron chi connectivity index (χ2n) is 7.95. The summed E-state index contributed by atoms with van der Waals surface area (Å²) in [6.07, 6.45) is 3.37. The number of carbonyl (C=O) groups is 1. The Hall–Kier alpha value is -3.23. The van der Waals surface area contributed by atoms with Crippen LogP contribution in [0, 0.1) is 0 Å². The van der Waals surface area contributed by atoms with E-state index in [2.05, 4.69) is 20.3 Å². The second-order valence-corrected chi connectivity index (χ2v) is 7.95. The lowest BCUT2D eigenvalue weighted by molar-refractivity contribution is -0.137. The summed E-state index contributed by atoms with van der Waals surface area (Å²) in [5, 5.41) is 2.79. The molecular weight excluding hydrogens is 409 g/mol. The fourth-order valence-electron chi connectivity index (χ4n) is 3.83. The van der Waals surface area contributed by atoms with Crippen molar-refractivity contribution in [3.8, 4) is 11.5 Å². The predicted octanol–water partition coefficient (Wildman–Crippen LogP) is 4.84. The Morgan fingerprint density at radius 2 is 2.00 bits per heavy atom. The molecule has 0 aromatic carbocycles. The molecule has 0 unspecified atom stereocenters. The highest BCUT2D eigenvalue weighted by Gasteiger charge is 2.33. The number of pyridine rings is 2. The van der Waals surface area contributed by atoms with Gasteiger partial charge in [-0.15, -0.1) is 0 Å². The van der Waals surface area contributed by atoms with Gasteiger partial charge >= 0.3 is 6.18 Å². The summed E-state index contributed by atoms with van der Waals surface area (Å²) < 4.78 is 44.8. The molecule has 1 amide bonds. The molecule has 3 aromatic heterocycles. The van der Waals surface area contributed by atoms with Crippen molar-refractivity contribution >= 4 is 5.91 Å². The molecule has 0 aliphatic heterocycles. The molecular formula is C22H19F3N4O2. The monoisotopic (exact) mass is 428 g/mol. The molecule has 1 saturated carbocycles. The van der Waals surface area contributed by atoms with E-state index in [1.165, 1.54) is 0 Å². The van der Waals surface area contributed by atoms with Gasteiger partial charge in [0.2, 0.25) is 5.89 Å². The first-order valence-corrected chi connectivity index (χ1v) is 10.2. The zero-order valence-corrected chi connectivity index (χ0v) is 16.4. The number of rotatable bonds is 4. The van der Waals surface area contributed by atoms with E-state index in [4.69, 9.17) is 4.42 Å². The Kier molecular flexibility index (Phi) is 4.75. The van der Waals surface area contributed by atoms with Crippen LogP contribution in [0.4, 0.5) is 13.2 Å². The first kappa shape index (κ1) is 19.7. The number of halogens is 3. The van der Waals surface area contributed by atoms with Crippen LogP contribution in [0.2, 0.25) is 0 Å². The lowest BCUT2D eigenvalue weighted by atomic mass is 9.96. The number of aryl methyl sites for hydroxylation is 1. The molecule has 2 aliphatic carbocycles. The van der Waals surface area contributed by atoms with Crippen LogP contribution in [0.5, 0.6) is 0 Å². The van der Waals surface area contributed by atoms with E-state index < -0.39 is 23.7 Å². The third-order valence-electron chi connectivity index (χ3n) is 5.61. The lowest BCUT2D eigenvalue weighted by Crippen LogP contribution is -2.31. The van der Waals surface area contributed by atoms with Crippen LogP contribution in [0.25, 0.3) is 11.5 Å². The highest BCUT2D eigenvalue weighted by molar-refractivity contribution is 5.94. The van der Waals surface area contributed by atoms with E-state index in [-0.39, 0.29) is 5.56 Å². The molecule has 0 bridgehead atoms. The molecule has 31 heavy (non-hydrogen) atoms. The Morgan fingerprint density at radius 1 is 1.16 bits per heavy atom. The average Bonchev–Trinajstić information content (AvgIpc) is 3.52. The number of hydrogen-bond donors (Lipinski definition) is 1. The largest absolute Gasteiger partial charge is 0.441 e. The molecule has 6 nitrogen and oxygen atoms in total. The number of aromatic nitrogens is 3. The number of nitrogens with one attached hydrogen (secondary N) is 1. The highest BCUT2D eigenvalue weighted by atomic mass is 19.4. The van der Waals surface area contributed by atoms with Gasteiger partial charge < -0.3 is 9.73 Å². The zero-order valence-electron chi connectivity index (χ0n) is 16.4. The van der Waals surface area contributed by atoms with Crippen molar-refractivity contribution in [2.24, 2.45) is 0 Å². The van der Waals surface area contributed by atoms with E-state index in [1.54, 1.807) is 6.20 Å². The Bertz CT molecular complexity index is 1140. The summed E-state index contributed by atoms with van der Waals surface area (Å²) in [5.41, 5.74) is 1.37. The van der Waals surface area contributed by atoms with Crippen LogP contribution >= 0.6 is 0 Å². The van der Waals surface area contributed by atoms with Crippen molar-refractivity contribution < 1.29 is 22.4 Å². The fraction of sp³-hybridized carbons (Fsp3) is 0.364.